The number of nitrogens with one attached hydrogen (secondary N) is 1. The van der Waals surface area contributed by atoms with E-state index in [-0.39, 0.29) is 0 Å². The van der Waals surface area contributed by atoms with Gasteiger partial charge in [0.15, 0.2) is 5.13 Å². The van der Waals surface area contributed by atoms with Gasteiger partial charge in [0.2, 0.25) is 0 Å². The van der Waals surface area contributed by atoms with E-state index in [1.165, 1.54) is 17.7 Å². The Bertz CT molecular complexity index is 317. The van der Waals surface area contributed by atoms with E-state index in [0.29, 0.717) is 0 Å². The summed E-state index contributed by atoms with van der Waals surface area (Å²) in [6.45, 7) is 13.0. The maximum atomic E-state index is 4.50. The first-order valence-electron chi connectivity index (χ1n) is 7.15. The largest absolute Gasteiger partial charge is 0.349 e. The molecule has 1 aromatic rings. The van der Waals surface area contributed by atoms with Crippen LogP contribution in [0.3, 0.4) is 0 Å². The van der Waals surface area contributed by atoms with Gasteiger partial charge < -0.3 is 10.2 Å². The molecule has 104 valence electrons. The molecular formula is C14H27N3S. The van der Waals surface area contributed by atoms with E-state index in [0.717, 1.165) is 37.2 Å². The van der Waals surface area contributed by atoms with E-state index in [4.69, 9.17) is 0 Å². The predicted molar refractivity (Wildman–Crippen MR) is 81.5 cm³/mol. The van der Waals surface area contributed by atoms with Gasteiger partial charge in [-0.3, -0.25) is 0 Å². The van der Waals surface area contributed by atoms with Crippen LogP contribution >= 0.6 is 11.3 Å². The van der Waals surface area contributed by atoms with Crippen molar-refractivity contribution >= 4 is 16.5 Å². The van der Waals surface area contributed by atoms with Crippen molar-refractivity contribution in [2.45, 2.75) is 47.1 Å². The van der Waals surface area contributed by atoms with E-state index in [9.17, 15) is 0 Å². The minimum absolute atomic E-state index is 0.806. The molecule has 4 heteroatoms. The van der Waals surface area contributed by atoms with Crippen molar-refractivity contribution < 1.29 is 0 Å². The molecule has 0 aliphatic carbocycles. The van der Waals surface area contributed by atoms with Gasteiger partial charge in [-0.15, -0.1) is 11.3 Å². The van der Waals surface area contributed by atoms with Crippen LogP contribution in [0.2, 0.25) is 0 Å². The first-order chi connectivity index (χ1) is 8.74. The highest BCUT2D eigenvalue weighted by molar-refractivity contribution is 7.15. The lowest BCUT2D eigenvalue weighted by atomic mass is 10.0. The number of hydrogen-bond acceptors (Lipinski definition) is 4. The molecule has 0 fully saturated rings. The smallest absolute Gasteiger partial charge is 0.185 e. The lowest BCUT2D eigenvalue weighted by Crippen LogP contribution is -2.21. The van der Waals surface area contributed by atoms with Gasteiger partial charge in [0, 0.05) is 30.7 Å². The van der Waals surface area contributed by atoms with Crippen molar-refractivity contribution in [3.8, 4) is 0 Å². The van der Waals surface area contributed by atoms with Gasteiger partial charge in [-0.2, -0.15) is 0 Å². The van der Waals surface area contributed by atoms with Crippen molar-refractivity contribution in [1.82, 2.24) is 10.3 Å². The van der Waals surface area contributed by atoms with Gasteiger partial charge in [-0.05, 0) is 26.3 Å². The Morgan fingerprint density at radius 3 is 2.44 bits per heavy atom. The Hall–Kier alpha value is -0.610. The molecule has 0 amide bonds. The minimum Gasteiger partial charge on any atom is -0.349 e. The molecule has 3 nitrogen and oxygen atoms in total. The number of hydrogen-bond donors (Lipinski definition) is 1. The zero-order valence-electron chi connectivity index (χ0n) is 12.2. The fraction of sp³-hybridized carbons (Fsp3) is 0.786. The summed E-state index contributed by atoms with van der Waals surface area (Å²) in [6, 6.07) is 0. The third kappa shape index (κ3) is 4.58. The van der Waals surface area contributed by atoms with Gasteiger partial charge in [0.25, 0.3) is 0 Å². The average Bonchev–Trinajstić information content (AvgIpc) is 2.85. The molecule has 0 aliphatic heterocycles. The quantitative estimate of drug-likeness (QED) is 0.743. The maximum Gasteiger partial charge on any atom is 0.185 e. The lowest BCUT2D eigenvalue weighted by molar-refractivity contribution is 0.450. The summed E-state index contributed by atoms with van der Waals surface area (Å²) in [5.74, 6) is 0.806. The fourth-order valence-corrected chi connectivity index (χ4v) is 3.00. The first-order valence-corrected chi connectivity index (χ1v) is 7.97. The van der Waals surface area contributed by atoms with Crippen LogP contribution < -0.4 is 10.2 Å². The van der Waals surface area contributed by atoms with Gasteiger partial charge in [0.05, 0.1) is 0 Å². The van der Waals surface area contributed by atoms with Crippen molar-refractivity contribution in [2.75, 3.05) is 24.5 Å². The topological polar surface area (TPSA) is 28.2 Å². The standard InChI is InChI=1S/C14H27N3S/c1-5-12(6-2)9-15-10-13-11-16-14(18-13)17(7-3)8-4/h11-12,15H,5-10H2,1-4H3. The van der Waals surface area contributed by atoms with Crippen molar-refractivity contribution in [2.24, 2.45) is 5.92 Å². The summed E-state index contributed by atoms with van der Waals surface area (Å²) < 4.78 is 0. The number of thiazole rings is 1. The SMILES string of the molecule is CCC(CC)CNCc1cnc(N(CC)CC)s1. The molecule has 0 bridgehead atoms. The van der Waals surface area contributed by atoms with E-state index < -0.39 is 0 Å². The molecule has 0 saturated heterocycles. The summed E-state index contributed by atoms with van der Waals surface area (Å²) in [5.41, 5.74) is 0. The Balaban J connectivity index is 2.39. The number of aromatic nitrogens is 1. The fourth-order valence-electron chi connectivity index (χ4n) is 2.00. The second kappa shape index (κ2) is 8.48. The Labute approximate surface area is 116 Å². The Morgan fingerprint density at radius 2 is 1.89 bits per heavy atom. The lowest BCUT2D eigenvalue weighted by Gasteiger charge is -2.16. The van der Waals surface area contributed by atoms with E-state index in [1.54, 1.807) is 0 Å². The molecule has 1 heterocycles. The zero-order valence-corrected chi connectivity index (χ0v) is 13.0. The molecular weight excluding hydrogens is 242 g/mol. The predicted octanol–water partition coefficient (Wildman–Crippen LogP) is 3.52. The van der Waals surface area contributed by atoms with Gasteiger partial charge in [0.1, 0.15) is 0 Å². The average molecular weight is 269 g/mol. The van der Waals surface area contributed by atoms with Crippen LogP contribution in [0.4, 0.5) is 5.13 Å². The van der Waals surface area contributed by atoms with Crippen LogP contribution in [0.25, 0.3) is 0 Å². The molecule has 1 rings (SSSR count). The number of rotatable bonds is 9. The van der Waals surface area contributed by atoms with E-state index >= 15 is 0 Å². The first kappa shape index (κ1) is 15.4. The summed E-state index contributed by atoms with van der Waals surface area (Å²) >= 11 is 1.81. The highest BCUT2D eigenvalue weighted by Crippen LogP contribution is 2.22. The molecule has 0 atom stereocenters. The van der Waals surface area contributed by atoms with Crippen molar-refractivity contribution in [3.63, 3.8) is 0 Å². The number of nitrogens with zero attached hydrogens (tertiary/aromatic N) is 2. The van der Waals surface area contributed by atoms with Crippen LogP contribution in [0, 0.1) is 5.92 Å². The Morgan fingerprint density at radius 1 is 1.22 bits per heavy atom. The molecule has 0 aromatic carbocycles. The van der Waals surface area contributed by atoms with Gasteiger partial charge >= 0.3 is 0 Å². The monoisotopic (exact) mass is 269 g/mol. The third-order valence-electron chi connectivity index (χ3n) is 3.46. The second-order valence-electron chi connectivity index (χ2n) is 4.59. The van der Waals surface area contributed by atoms with Crippen molar-refractivity contribution in [3.05, 3.63) is 11.1 Å². The molecule has 1 N–H and O–H groups in total. The van der Waals surface area contributed by atoms with Gasteiger partial charge in [-0.25, -0.2) is 4.98 Å². The normalized spacial score (nSPS) is 11.2. The van der Waals surface area contributed by atoms with Gasteiger partial charge in [-0.1, -0.05) is 26.7 Å². The summed E-state index contributed by atoms with van der Waals surface area (Å²) in [7, 11) is 0. The summed E-state index contributed by atoms with van der Waals surface area (Å²) in [6.07, 6.45) is 4.53. The molecule has 18 heavy (non-hydrogen) atoms. The highest BCUT2D eigenvalue weighted by atomic mass is 32.1. The van der Waals surface area contributed by atoms with Crippen LogP contribution in [-0.2, 0) is 6.54 Å². The van der Waals surface area contributed by atoms with E-state index in [2.05, 4.69) is 42.9 Å². The molecule has 0 unspecified atom stereocenters. The summed E-state index contributed by atoms with van der Waals surface area (Å²) in [4.78, 5) is 8.14. The molecule has 0 aliphatic rings. The molecule has 0 spiro atoms. The van der Waals surface area contributed by atoms with Crippen molar-refractivity contribution in [1.29, 1.82) is 0 Å². The van der Waals surface area contributed by atoms with E-state index in [1.807, 2.05) is 17.5 Å². The molecule has 0 radical (unpaired) electrons. The molecule has 1 aromatic heterocycles. The van der Waals surface area contributed by atoms with Crippen LogP contribution in [0.15, 0.2) is 6.20 Å². The second-order valence-corrected chi connectivity index (χ2v) is 5.69. The maximum absolute atomic E-state index is 4.50. The molecule has 0 saturated carbocycles. The minimum atomic E-state index is 0.806. The summed E-state index contributed by atoms with van der Waals surface area (Å²) in [5, 5.41) is 4.70. The van der Waals surface area contributed by atoms with Crippen LogP contribution in [-0.4, -0.2) is 24.6 Å². The Kier molecular flexibility index (Phi) is 7.28. The zero-order chi connectivity index (χ0) is 13.4. The van der Waals surface area contributed by atoms with Crippen LogP contribution in [0.5, 0.6) is 0 Å². The highest BCUT2D eigenvalue weighted by Gasteiger charge is 2.08. The number of anilines is 1. The third-order valence-corrected chi connectivity index (χ3v) is 4.52. The van der Waals surface area contributed by atoms with Crippen LogP contribution in [0.1, 0.15) is 45.4 Å².